The number of rotatable bonds is 7. The van der Waals surface area contributed by atoms with Crippen LogP contribution in [0.25, 0.3) is 0 Å². The van der Waals surface area contributed by atoms with E-state index >= 15 is 0 Å². The number of carbonyl (C=O) groups excluding carboxylic acids is 1. The second kappa shape index (κ2) is 7.21. The monoisotopic (exact) mass is 204 g/mol. The Morgan fingerprint density at radius 3 is 2.38 bits per heavy atom. The highest BCUT2D eigenvalue weighted by Crippen LogP contribution is 2.07. The summed E-state index contributed by atoms with van der Waals surface area (Å²) in [5.41, 5.74) is 5.26. The van der Waals surface area contributed by atoms with Crippen molar-refractivity contribution in [3.05, 3.63) is 0 Å². The van der Waals surface area contributed by atoms with Crippen LogP contribution in [0, 0.1) is 0 Å². The van der Waals surface area contributed by atoms with Crippen LogP contribution in [0.4, 0.5) is 0 Å². The zero-order valence-corrected chi connectivity index (χ0v) is 9.39. The van der Waals surface area contributed by atoms with Gasteiger partial charge >= 0.3 is 0 Å². The molecule has 2 N–H and O–H groups in total. The summed E-state index contributed by atoms with van der Waals surface area (Å²) in [5.74, 6) is 0.694. The third-order valence-electron chi connectivity index (χ3n) is 2.09. The van der Waals surface area contributed by atoms with Crippen molar-refractivity contribution in [3.63, 3.8) is 0 Å². The second-order valence-corrected chi connectivity index (χ2v) is 3.90. The molecule has 0 bridgehead atoms. The third-order valence-corrected chi connectivity index (χ3v) is 2.40. The van der Waals surface area contributed by atoms with E-state index in [9.17, 15) is 4.79 Å². The average molecular weight is 204 g/mol. The Bertz CT molecular complexity index is 151. The largest absolute Gasteiger partial charge is 0.368 e. The number of primary amides is 1. The smallest absolute Gasteiger partial charge is 0.234 e. The van der Waals surface area contributed by atoms with E-state index in [0.717, 1.165) is 31.4 Å². The highest BCUT2D eigenvalue weighted by Gasteiger charge is 2.16. The fourth-order valence-corrected chi connectivity index (χ4v) is 1.50. The van der Waals surface area contributed by atoms with Crippen LogP contribution in [-0.4, -0.2) is 36.7 Å². The molecule has 1 amide bonds. The number of likely N-dealkylation sites (N-methyl/N-ethyl adjacent to an activating group) is 1. The first-order chi connectivity index (χ1) is 6.09. The van der Waals surface area contributed by atoms with Crippen molar-refractivity contribution in [2.75, 3.05) is 19.8 Å². The molecule has 0 aromatic rings. The van der Waals surface area contributed by atoms with Gasteiger partial charge in [-0.1, -0.05) is 12.8 Å². The van der Waals surface area contributed by atoms with Gasteiger partial charge in [-0.25, -0.2) is 0 Å². The normalized spacial score (nSPS) is 13.2. The molecule has 0 aliphatic rings. The van der Waals surface area contributed by atoms with E-state index in [2.05, 4.69) is 12.6 Å². The van der Waals surface area contributed by atoms with E-state index in [1.807, 2.05) is 19.0 Å². The number of hydrogen-bond donors (Lipinski definition) is 2. The van der Waals surface area contributed by atoms with Crippen molar-refractivity contribution in [3.8, 4) is 0 Å². The molecule has 1 atom stereocenters. The summed E-state index contributed by atoms with van der Waals surface area (Å²) in [4.78, 5) is 12.8. The number of hydrogen-bond acceptors (Lipinski definition) is 3. The maximum absolute atomic E-state index is 11.0. The summed E-state index contributed by atoms with van der Waals surface area (Å²) >= 11 is 4.12. The van der Waals surface area contributed by atoms with Crippen LogP contribution in [0.2, 0.25) is 0 Å². The lowest BCUT2D eigenvalue weighted by atomic mass is 10.1. The Morgan fingerprint density at radius 2 is 2.00 bits per heavy atom. The second-order valence-electron chi connectivity index (χ2n) is 3.45. The molecular formula is C9H20N2OS. The van der Waals surface area contributed by atoms with Crippen molar-refractivity contribution in [2.45, 2.75) is 31.7 Å². The first kappa shape index (κ1) is 12.8. The third kappa shape index (κ3) is 5.93. The molecule has 0 aliphatic carbocycles. The van der Waals surface area contributed by atoms with Gasteiger partial charge in [0.2, 0.25) is 5.91 Å². The zero-order valence-electron chi connectivity index (χ0n) is 8.49. The first-order valence-corrected chi connectivity index (χ1v) is 5.29. The fraction of sp³-hybridized carbons (Fsp3) is 0.889. The van der Waals surface area contributed by atoms with Gasteiger partial charge in [0.1, 0.15) is 0 Å². The van der Waals surface area contributed by atoms with E-state index in [1.165, 1.54) is 0 Å². The van der Waals surface area contributed by atoms with Gasteiger partial charge in [0.25, 0.3) is 0 Å². The van der Waals surface area contributed by atoms with Crippen LogP contribution in [0.1, 0.15) is 25.7 Å². The Hall–Kier alpha value is -0.220. The molecule has 0 rings (SSSR count). The Kier molecular flexibility index (Phi) is 7.09. The van der Waals surface area contributed by atoms with Gasteiger partial charge in [0, 0.05) is 0 Å². The molecule has 0 spiro atoms. The van der Waals surface area contributed by atoms with Gasteiger partial charge in [-0.3, -0.25) is 9.69 Å². The Morgan fingerprint density at radius 1 is 1.38 bits per heavy atom. The van der Waals surface area contributed by atoms with Gasteiger partial charge in [0.05, 0.1) is 6.04 Å². The van der Waals surface area contributed by atoms with Crippen LogP contribution < -0.4 is 5.73 Å². The summed E-state index contributed by atoms with van der Waals surface area (Å²) in [5, 5.41) is 0. The van der Waals surface area contributed by atoms with Gasteiger partial charge in [-0.15, -0.1) is 0 Å². The van der Waals surface area contributed by atoms with Gasteiger partial charge < -0.3 is 5.73 Å². The van der Waals surface area contributed by atoms with E-state index in [-0.39, 0.29) is 11.9 Å². The lowest BCUT2D eigenvalue weighted by Crippen LogP contribution is -2.40. The molecule has 0 radical (unpaired) electrons. The van der Waals surface area contributed by atoms with Crippen molar-refractivity contribution < 1.29 is 4.79 Å². The van der Waals surface area contributed by atoms with E-state index < -0.39 is 0 Å². The maximum atomic E-state index is 11.0. The molecule has 13 heavy (non-hydrogen) atoms. The maximum Gasteiger partial charge on any atom is 0.234 e. The van der Waals surface area contributed by atoms with Crippen molar-refractivity contribution in [1.82, 2.24) is 4.90 Å². The number of thiol groups is 1. The minimum absolute atomic E-state index is 0.111. The van der Waals surface area contributed by atoms with E-state index in [4.69, 9.17) is 5.73 Å². The van der Waals surface area contributed by atoms with Gasteiger partial charge in [-0.05, 0) is 32.7 Å². The summed E-state index contributed by atoms with van der Waals surface area (Å²) < 4.78 is 0. The van der Waals surface area contributed by atoms with Crippen LogP contribution in [0.3, 0.4) is 0 Å². The van der Waals surface area contributed by atoms with Gasteiger partial charge in [-0.2, -0.15) is 12.6 Å². The Balaban J connectivity index is 3.64. The van der Waals surface area contributed by atoms with Crippen LogP contribution in [-0.2, 0) is 4.79 Å². The quantitative estimate of drug-likeness (QED) is 0.478. The van der Waals surface area contributed by atoms with Crippen molar-refractivity contribution in [1.29, 1.82) is 0 Å². The molecule has 0 fully saturated rings. The molecule has 3 nitrogen and oxygen atoms in total. The zero-order chi connectivity index (χ0) is 10.3. The molecule has 0 saturated heterocycles. The number of nitrogens with two attached hydrogens (primary N) is 1. The molecule has 0 aromatic heterocycles. The van der Waals surface area contributed by atoms with Crippen molar-refractivity contribution >= 4 is 18.5 Å². The van der Waals surface area contributed by atoms with Crippen molar-refractivity contribution in [2.24, 2.45) is 5.73 Å². The van der Waals surface area contributed by atoms with Crippen LogP contribution >= 0.6 is 12.6 Å². The highest BCUT2D eigenvalue weighted by atomic mass is 32.1. The molecule has 0 saturated carbocycles. The lowest BCUT2D eigenvalue weighted by Gasteiger charge is -2.20. The highest BCUT2D eigenvalue weighted by molar-refractivity contribution is 7.80. The Labute approximate surface area is 86.1 Å². The lowest BCUT2D eigenvalue weighted by molar-refractivity contribution is -0.122. The summed E-state index contributed by atoms with van der Waals surface area (Å²) in [6.45, 7) is 0. The molecule has 78 valence electrons. The van der Waals surface area contributed by atoms with Crippen LogP contribution in [0.5, 0.6) is 0 Å². The predicted octanol–water partition coefficient (Wildman–Crippen LogP) is 0.892. The molecule has 0 aliphatic heterocycles. The summed E-state index contributed by atoms with van der Waals surface area (Å²) in [6, 6.07) is -0.111. The number of carbonyl (C=O) groups is 1. The fourth-order valence-electron chi connectivity index (χ4n) is 1.28. The summed E-state index contributed by atoms with van der Waals surface area (Å²) in [7, 11) is 3.77. The average Bonchev–Trinajstić information content (AvgIpc) is 2.02. The molecule has 0 heterocycles. The standard InChI is InChI=1S/C9H20N2OS/c1-11(2)8(9(10)12)6-4-3-5-7-13/h8,13H,3-7H2,1-2H3,(H2,10,12). The molecule has 1 unspecified atom stereocenters. The number of amides is 1. The van der Waals surface area contributed by atoms with E-state index in [0.29, 0.717) is 0 Å². The minimum atomic E-state index is -0.226. The molecular weight excluding hydrogens is 184 g/mol. The van der Waals surface area contributed by atoms with Crippen LogP contribution in [0.15, 0.2) is 0 Å². The SMILES string of the molecule is CN(C)C(CCCCCS)C(N)=O. The van der Waals surface area contributed by atoms with E-state index in [1.54, 1.807) is 0 Å². The molecule has 4 heteroatoms. The van der Waals surface area contributed by atoms with Gasteiger partial charge in [0.15, 0.2) is 0 Å². The minimum Gasteiger partial charge on any atom is -0.368 e. The number of nitrogens with zero attached hydrogens (tertiary/aromatic N) is 1. The summed E-state index contributed by atoms with van der Waals surface area (Å²) in [6.07, 6.45) is 4.14. The molecule has 0 aromatic carbocycles. The first-order valence-electron chi connectivity index (χ1n) is 4.66. The topological polar surface area (TPSA) is 46.3 Å². The predicted molar refractivity (Wildman–Crippen MR) is 59.0 cm³/mol. The number of unbranched alkanes of at least 4 members (excludes halogenated alkanes) is 2.